The first-order valence-corrected chi connectivity index (χ1v) is 8.81. The van der Waals surface area contributed by atoms with Gasteiger partial charge in [0.1, 0.15) is 11.3 Å². The number of nitrogens with one attached hydrogen (secondary N) is 1. The van der Waals surface area contributed by atoms with Gasteiger partial charge in [-0.25, -0.2) is 9.89 Å². The van der Waals surface area contributed by atoms with E-state index in [1.165, 1.54) is 7.11 Å². The molecule has 1 aromatic rings. The van der Waals surface area contributed by atoms with Gasteiger partial charge in [-0.1, -0.05) is 19.9 Å². The fraction of sp³-hybridized carbons (Fsp3) is 0.350. The molecule has 8 heteroatoms. The predicted octanol–water partition coefficient (Wildman–Crippen LogP) is 2.73. The van der Waals surface area contributed by atoms with Gasteiger partial charge in [-0.3, -0.25) is 4.79 Å². The third kappa shape index (κ3) is 3.33. The van der Waals surface area contributed by atoms with Crippen LogP contribution >= 0.6 is 0 Å². The maximum Gasteiger partial charge on any atom is 0.341 e. The summed E-state index contributed by atoms with van der Waals surface area (Å²) in [5, 5.41) is 6.37. The molecule has 0 fully saturated rings. The zero-order valence-corrected chi connectivity index (χ0v) is 16.5. The van der Waals surface area contributed by atoms with Crippen LogP contribution in [0.15, 0.2) is 35.4 Å². The lowest BCUT2D eigenvalue weighted by atomic mass is 9.94. The number of rotatable bonds is 6. The van der Waals surface area contributed by atoms with Crippen LogP contribution in [0, 0.1) is 5.92 Å². The van der Waals surface area contributed by atoms with E-state index < -0.39 is 5.97 Å². The topological polar surface area (TPSA) is 95.4 Å². The van der Waals surface area contributed by atoms with Crippen LogP contribution in [-0.4, -0.2) is 42.1 Å². The molecule has 1 atom stereocenters. The number of pyridine rings is 1. The molecule has 0 amide bonds. The second kappa shape index (κ2) is 7.75. The van der Waals surface area contributed by atoms with Gasteiger partial charge in [-0.2, -0.15) is 5.10 Å². The first-order valence-electron chi connectivity index (χ1n) is 8.81. The largest absolute Gasteiger partial charge is 0.493 e. The summed E-state index contributed by atoms with van der Waals surface area (Å²) in [6.45, 7) is 4.12. The van der Waals surface area contributed by atoms with Gasteiger partial charge in [-0.05, 0) is 23.6 Å². The molecule has 1 N–H and O–H groups in total. The number of fused-ring (bicyclic) bond motifs is 1. The number of aromatic amines is 1. The van der Waals surface area contributed by atoms with Crippen LogP contribution in [0.3, 0.4) is 0 Å². The molecule has 3 rings (SSSR count). The summed E-state index contributed by atoms with van der Waals surface area (Å²) in [6.07, 6.45) is 3.37. The molecule has 1 unspecified atom stereocenters. The van der Waals surface area contributed by atoms with E-state index in [2.05, 4.69) is 24.0 Å². The smallest absolute Gasteiger partial charge is 0.341 e. The highest BCUT2D eigenvalue weighted by atomic mass is 16.5. The Morgan fingerprint density at radius 2 is 1.82 bits per heavy atom. The Morgan fingerprint density at radius 3 is 2.43 bits per heavy atom. The van der Waals surface area contributed by atoms with E-state index in [0.717, 1.165) is 5.56 Å². The van der Waals surface area contributed by atoms with Crippen molar-refractivity contribution in [3.63, 3.8) is 0 Å². The molecule has 0 bridgehead atoms. The molecule has 0 radical (unpaired) electrons. The number of carbonyl (C=O) groups excluding carboxylic acids is 1. The summed E-state index contributed by atoms with van der Waals surface area (Å²) in [4.78, 5) is 24.5. The average Bonchev–Trinajstić information content (AvgIpc) is 3.07. The van der Waals surface area contributed by atoms with Crippen molar-refractivity contribution in [1.29, 1.82) is 0 Å². The molecule has 0 aromatic heterocycles. The summed E-state index contributed by atoms with van der Waals surface area (Å²) in [6, 6.07) is 5.50. The number of nitrogens with zero attached hydrogens (tertiary/aromatic N) is 2. The van der Waals surface area contributed by atoms with Gasteiger partial charge in [0.05, 0.1) is 32.9 Å². The SMILES string of the molecule is COC(=O)c1cn(C(c2ccc(OC)c(OC)c2)C(C)C)cc2c(=O)[nH]nc1-2. The first-order chi connectivity index (χ1) is 13.4. The quantitative estimate of drug-likeness (QED) is 0.656. The normalized spacial score (nSPS) is 12.2. The Hall–Kier alpha value is -3.29. The number of esters is 1. The van der Waals surface area contributed by atoms with Crippen LogP contribution in [0.1, 0.15) is 35.8 Å². The molecule has 2 aliphatic rings. The lowest BCUT2D eigenvalue weighted by Crippen LogP contribution is -2.20. The van der Waals surface area contributed by atoms with Crippen molar-refractivity contribution in [3.8, 4) is 22.8 Å². The fourth-order valence-electron chi connectivity index (χ4n) is 3.41. The van der Waals surface area contributed by atoms with Crippen LogP contribution in [0.4, 0.5) is 0 Å². The van der Waals surface area contributed by atoms with Gasteiger partial charge in [-0.15, -0.1) is 0 Å². The van der Waals surface area contributed by atoms with E-state index in [9.17, 15) is 9.59 Å². The summed E-state index contributed by atoms with van der Waals surface area (Å²) >= 11 is 0. The third-order valence-electron chi connectivity index (χ3n) is 4.69. The second-order valence-electron chi connectivity index (χ2n) is 6.73. The predicted molar refractivity (Wildman–Crippen MR) is 103 cm³/mol. The van der Waals surface area contributed by atoms with E-state index in [-0.39, 0.29) is 23.1 Å². The Labute approximate surface area is 162 Å². The number of hydrogen-bond acceptors (Lipinski definition) is 6. The fourth-order valence-corrected chi connectivity index (χ4v) is 3.41. The van der Waals surface area contributed by atoms with E-state index in [0.29, 0.717) is 22.8 Å². The minimum Gasteiger partial charge on any atom is -0.493 e. The van der Waals surface area contributed by atoms with Crippen molar-refractivity contribution in [3.05, 3.63) is 52.1 Å². The molecule has 148 valence electrons. The lowest BCUT2D eigenvalue weighted by Gasteiger charge is -2.27. The molecule has 0 saturated heterocycles. The van der Waals surface area contributed by atoms with Crippen molar-refractivity contribution >= 4 is 5.97 Å². The summed E-state index contributed by atoms with van der Waals surface area (Å²) in [7, 11) is 4.46. The highest BCUT2D eigenvalue weighted by Gasteiger charge is 2.26. The van der Waals surface area contributed by atoms with E-state index in [4.69, 9.17) is 14.2 Å². The van der Waals surface area contributed by atoms with E-state index in [1.807, 2.05) is 22.8 Å². The zero-order chi connectivity index (χ0) is 20.4. The lowest BCUT2D eigenvalue weighted by molar-refractivity contribution is 0.0600. The molecule has 28 heavy (non-hydrogen) atoms. The van der Waals surface area contributed by atoms with Crippen LogP contribution in [0.5, 0.6) is 11.5 Å². The Bertz CT molecular complexity index is 1020. The second-order valence-corrected chi connectivity index (χ2v) is 6.73. The summed E-state index contributed by atoms with van der Waals surface area (Å²) < 4.78 is 17.5. The maximum absolute atomic E-state index is 12.3. The highest BCUT2D eigenvalue weighted by molar-refractivity contribution is 5.95. The molecule has 2 aliphatic heterocycles. The Balaban J connectivity index is 2.22. The molecule has 8 nitrogen and oxygen atoms in total. The Kier molecular flexibility index (Phi) is 5.39. The molecule has 0 aliphatic carbocycles. The third-order valence-corrected chi connectivity index (χ3v) is 4.69. The standard InChI is InChI=1S/C20H23N3O5/c1-11(2)18(12-6-7-15(26-3)16(8-12)27-4)23-9-13-17(21-22-19(13)24)14(10-23)20(25)28-5/h6-11,18H,1-5H3,(H,22,24). The van der Waals surface area contributed by atoms with Gasteiger partial charge < -0.3 is 18.8 Å². The van der Waals surface area contributed by atoms with E-state index in [1.54, 1.807) is 26.6 Å². The number of hydrogen-bond donors (Lipinski definition) is 1. The van der Waals surface area contributed by atoms with Gasteiger partial charge in [0.25, 0.3) is 5.56 Å². The maximum atomic E-state index is 12.3. The zero-order valence-electron chi connectivity index (χ0n) is 16.5. The molecule has 1 aromatic carbocycles. The van der Waals surface area contributed by atoms with E-state index >= 15 is 0 Å². The monoisotopic (exact) mass is 385 g/mol. The van der Waals surface area contributed by atoms with Crippen LogP contribution in [-0.2, 0) is 4.74 Å². The molecular weight excluding hydrogens is 362 g/mol. The minimum absolute atomic E-state index is 0.146. The Morgan fingerprint density at radius 1 is 1.11 bits per heavy atom. The van der Waals surface area contributed by atoms with Crippen molar-refractivity contribution in [2.45, 2.75) is 19.9 Å². The van der Waals surface area contributed by atoms with Crippen molar-refractivity contribution < 1.29 is 19.0 Å². The average molecular weight is 385 g/mol. The number of aromatic nitrogens is 3. The molecule has 2 heterocycles. The van der Waals surface area contributed by atoms with Crippen molar-refractivity contribution in [2.75, 3.05) is 21.3 Å². The molecular formula is C20H23N3O5. The van der Waals surface area contributed by atoms with Crippen LogP contribution < -0.4 is 15.0 Å². The van der Waals surface area contributed by atoms with Gasteiger partial charge in [0, 0.05) is 12.4 Å². The number of H-pyrrole nitrogens is 1. The number of benzene rings is 1. The van der Waals surface area contributed by atoms with Crippen LogP contribution in [0.2, 0.25) is 0 Å². The van der Waals surface area contributed by atoms with Gasteiger partial charge in [0.15, 0.2) is 11.5 Å². The molecule has 0 saturated carbocycles. The minimum atomic E-state index is -0.555. The van der Waals surface area contributed by atoms with Gasteiger partial charge in [0.2, 0.25) is 0 Å². The number of ether oxygens (including phenoxy) is 3. The van der Waals surface area contributed by atoms with Gasteiger partial charge >= 0.3 is 5.97 Å². The number of carbonyl (C=O) groups is 1. The molecule has 0 spiro atoms. The number of methoxy groups -OCH3 is 3. The summed E-state index contributed by atoms with van der Waals surface area (Å²) in [5.41, 5.74) is 1.44. The van der Waals surface area contributed by atoms with Crippen molar-refractivity contribution in [1.82, 2.24) is 14.8 Å². The highest BCUT2D eigenvalue weighted by Crippen LogP contribution is 2.35. The summed E-state index contributed by atoms with van der Waals surface area (Å²) in [5.74, 6) is 0.822. The van der Waals surface area contributed by atoms with Crippen LogP contribution in [0.25, 0.3) is 11.3 Å². The van der Waals surface area contributed by atoms with Crippen molar-refractivity contribution in [2.24, 2.45) is 5.92 Å². The first kappa shape index (κ1) is 19.5.